The molecule has 0 bridgehead atoms. The molecule has 0 amide bonds. The Labute approximate surface area is 76.0 Å². The summed E-state index contributed by atoms with van der Waals surface area (Å²) in [5, 5.41) is 0. The third kappa shape index (κ3) is 6.38. The first-order valence-electron chi connectivity index (χ1n) is 4.60. The number of allylic oxidation sites excluding steroid dienone is 2. The number of rotatable bonds is 6. The van der Waals surface area contributed by atoms with E-state index in [1.54, 1.807) is 7.11 Å². The van der Waals surface area contributed by atoms with Gasteiger partial charge in [0, 0.05) is 6.04 Å². The SMILES string of the molecule is C/C=C\CC(C)CC(C)NOC. The fraction of sp³-hybridized carbons (Fsp3) is 0.800. The molecule has 1 N–H and O–H groups in total. The van der Waals surface area contributed by atoms with Gasteiger partial charge in [-0.2, -0.15) is 0 Å². The van der Waals surface area contributed by atoms with Gasteiger partial charge >= 0.3 is 0 Å². The lowest BCUT2D eigenvalue weighted by atomic mass is 10.00. The molecule has 0 aromatic heterocycles. The average Bonchev–Trinajstić information content (AvgIpc) is 2.01. The van der Waals surface area contributed by atoms with Crippen LogP contribution < -0.4 is 5.48 Å². The van der Waals surface area contributed by atoms with E-state index in [-0.39, 0.29) is 0 Å². The van der Waals surface area contributed by atoms with E-state index < -0.39 is 0 Å². The number of hydroxylamine groups is 1. The zero-order valence-corrected chi connectivity index (χ0v) is 8.63. The Balaban J connectivity index is 3.46. The van der Waals surface area contributed by atoms with E-state index >= 15 is 0 Å². The van der Waals surface area contributed by atoms with Gasteiger partial charge in [0.1, 0.15) is 0 Å². The van der Waals surface area contributed by atoms with E-state index in [4.69, 9.17) is 4.84 Å². The second kappa shape index (κ2) is 7.32. The highest BCUT2D eigenvalue weighted by atomic mass is 16.6. The van der Waals surface area contributed by atoms with Crippen LogP contribution in [0.25, 0.3) is 0 Å². The Morgan fingerprint density at radius 1 is 1.42 bits per heavy atom. The molecular weight excluding hydrogens is 150 g/mol. The molecule has 0 aromatic carbocycles. The van der Waals surface area contributed by atoms with Crippen molar-refractivity contribution < 1.29 is 4.84 Å². The highest BCUT2D eigenvalue weighted by molar-refractivity contribution is 4.79. The predicted octanol–water partition coefficient (Wildman–Crippen LogP) is 2.52. The fourth-order valence-corrected chi connectivity index (χ4v) is 1.32. The lowest BCUT2D eigenvalue weighted by Crippen LogP contribution is -2.26. The molecule has 0 radical (unpaired) electrons. The maximum absolute atomic E-state index is 4.84. The van der Waals surface area contributed by atoms with Crippen molar-refractivity contribution in [3.8, 4) is 0 Å². The van der Waals surface area contributed by atoms with E-state index in [0.29, 0.717) is 6.04 Å². The van der Waals surface area contributed by atoms with Crippen LogP contribution in [0.5, 0.6) is 0 Å². The van der Waals surface area contributed by atoms with Gasteiger partial charge in [-0.3, -0.25) is 0 Å². The van der Waals surface area contributed by atoms with Crippen molar-refractivity contribution in [3.63, 3.8) is 0 Å². The van der Waals surface area contributed by atoms with E-state index in [0.717, 1.165) is 18.8 Å². The maximum Gasteiger partial charge on any atom is 0.0572 e. The first kappa shape index (κ1) is 11.7. The monoisotopic (exact) mass is 171 g/mol. The molecule has 0 saturated heterocycles. The summed E-state index contributed by atoms with van der Waals surface area (Å²) in [5.41, 5.74) is 2.93. The van der Waals surface area contributed by atoms with Crippen LogP contribution in [-0.4, -0.2) is 13.2 Å². The van der Waals surface area contributed by atoms with Crippen LogP contribution in [0.2, 0.25) is 0 Å². The van der Waals surface area contributed by atoms with E-state index in [1.807, 2.05) is 0 Å². The number of hydrogen-bond donors (Lipinski definition) is 1. The van der Waals surface area contributed by atoms with Crippen molar-refractivity contribution in [2.75, 3.05) is 7.11 Å². The molecule has 0 aliphatic heterocycles. The molecule has 0 heterocycles. The van der Waals surface area contributed by atoms with Crippen LogP contribution in [0.4, 0.5) is 0 Å². The zero-order chi connectivity index (χ0) is 9.40. The van der Waals surface area contributed by atoms with Crippen molar-refractivity contribution in [2.24, 2.45) is 5.92 Å². The maximum atomic E-state index is 4.84. The first-order chi connectivity index (χ1) is 5.70. The van der Waals surface area contributed by atoms with Gasteiger partial charge in [0.15, 0.2) is 0 Å². The Morgan fingerprint density at radius 2 is 2.08 bits per heavy atom. The molecule has 0 spiro atoms. The van der Waals surface area contributed by atoms with E-state index in [2.05, 4.69) is 38.4 Å². The van der Waals surface area contributed by atoms with Crippen LogP contribution in [-0.2, 0) is 4.84 Å². The fourth-order valence-electron chi connectivity index (χ4n) is 1.32. The third-order valence-electron chi connectivity index (χ3n) is 1.85. The van der Waals surface area contributed by atoms with Crippen molar-refractivity contribution in [1.82, 2.24) is 5.48 Å². The van der Waals surface area contributed by atoms with Crippen molar-refractivity contribution in [2.45, 2.75) is 39.7 Å². The summed E-state index contributed by atoms with van der Waals surface area (Å²) in [4.78, 5) is 4.84. The molecular formula is C10H21NO. The first-order valence-corrected chi connectivity index (χ1v) is 4.60. The molecule has 0 aromatic rings. The summed E-state index contributed by atoms with van der Waals surface area (Å²) in [6, 6.07) is 0.440. The summed E-state index contributed by atoms with van der Waals surface area (Å²) in [6.45, 7) is 6.45. The normalized spacial score (nSPS) is 16.7. The zero-order valence-electron chi connectivity index (χ0n) is 8.63. The van der Waals surface area contributed by atoms with Gasteiger partial charge in [-0.05, 0) is 32.6 Å². The summed E-state index contributed by atoms with van der Waals surface area (Å²) in [6.07, 6.45) is 6.62. The molecule has 0 aliphatic carbocycles. The standard InChI is InChI=1S/C10H21NO/c1-5-6-7-9(2)8-10(3)11-12-4/h5-6,9-11H,7-8H2,1-4H3/b6-5-. The molecule has 0 aliphatic rings. The van der Waals surface area contributed by atoms with Crippen molar-refractivity contribution in [1.29, 1.82) is 0 Å². The molecule has 0 fully saturated rings. The van der Waals surface area contributed by atoms with E-state index in [1.165, 1.54) is 0 Å². The smallest absolute Gasteiger partial charge is 0.0572 e. The van der Waals surface area contributed by atoms with Gasteiger partial charge in [-0.25, -0.2) is 5.48 Å². The third-order valence-corrected chi connectivity index (χ3v) is 1.85. The largest absolute Gasteiger partial charge is 0.305 e. The van der Waals surface area contributed by atoms with Crippen LogP contribution in [0.1, 0.15) is 33.6 Å². The van der Waals surface area contributed by atoms with Crippen LogP contribution in [0, 0.1) is 5.92 Å². The van der Waals surface area contributed by atoms with Gasteiger partial charge in [-0.1, -0.05) is 19.1 Å². The molecule has 2 atom stereocenters. The number of hydrogen-bond acceptors (Lipinski definition) is 2. The Bertz CT molecular complexity index is 123. The van der Waals surface area contributed by atoms with Gasteiger partial charge in [-0.15, -0.1) is 0 Å². The highest BCUT2D eigenvalue weighted by Crippen LogP contribution is 2.10. The Morgan fingerprint density at radius 3 is 2.58 bits per heavy atom. The van der Waals surface area contributed by atoms with Crippen molar-refractivity contribution >= 4 is 0 Å². The summed E-state index contributed by atoms with van der Waals surface area (Å²) >= 11 is 0. The van der Waals surface area contributed by atoms with Crippen LogP contribution in [0.3, 0.4) is 0 Å². The predicted molar refractivity (Wildman–Crippen MR) is 52.8 cm³/mol. The van der Waals surface area contributed by atoms with Gasteiger partial charge in [0.05, 0.1) is 7.11 Å². The molecule has 2 unspecified atom stereocenters. The van der Waals surface area contributed by atoms with Crippen molar-refractivity contribution in [3.05, 3.63) is 12.2 Å². The summed E-state index contributed by atoms with van der Waals surface area (Å²) in [5.74, 6) is 0.721. The van der Waals surface area contributed by atoms with Gasteiger partial charge in [0.2, 0.25) is 0 Å². The summed E-state index contributed by atoms with van der Waals surface area (Å²) in [7, 11) is 1.66. The highest BCUT2D eigenvalue weighted by Gasteiger charge is 2.05. The minimum Gasteiger partial charge on any atom is -0.305 e. The van der Waals surface area contributed by atoms with Crippen LogP contribution >= 0.6 is 0 Å². The molecule has 0 rings (SSSR count). The van der Waals surface area contributed by atoms with E-state index in [9.17, 15) is 0 Å². The van der Waals surface area contributed by atoms with Crippen LogP contribution in [0.15, 0.2) is 12.2 Å². The Kier molecular flexibility index (Phi) is 7.11. The van der Waals surface area contributed by atoms with Gasteiger partial charge in [0.25, 0.3) is 0 Å². The molecule has 0 saturated carbocycles. The van der Waals surface area contributed by atoms with Gasteiger partial charge < -0.3 is 4.84 Å². The average molecular weight is 171 g/mol. The summed E-state index contributed by atoms with van der Waals surface area (Å²) < 4.78 is 0. The molecule has 12 heavy (non-hydrogen) atoms. The second-order valence-corrected chi connectivity index (χ2v) is 3.37. The second-order valence-electron chi connectivity index (χ2n) is 3.37. The lowest BCUT2D eigenvalue weighted by Gasteiger charge is -2.15. The topological polar surface area (TPSA) is 21.3 Å². The lowest BCUT2D eigenvalue weighted by molar-refractivity contribution is 0.0593. The molecule has 72 valence electrons. The number of nitrogens with one attached hydrogen (secondary N) is 1. The minimum absolute atomic E-state index is 0.440. The Hall–Kier alpha value is -0.340. The molecule has 2 heteroatoms. The quantitative estimate of drug-likeness (QED) is 0.490. The minimum atomic E-state index is 0.440. The molecule has 2 nitrogen and oxygen atoms in total.